The smallest absolute Gasteiger partial charge is 0.274 e. The first-order valence-electron chi connectivity index (χ1n) is 8.71. The normalized spacial score (nSPS) is 16.6. The predicted octanol–water partition coefficient (Wildman–Crippen LogP) is 1.49. The lowest BCUT2D eigenvalue weighted by molar-refractivity contribution is 0.0672. The highest BCUT2D eigenvalue weighted by Crippen LogP contribution is 2.20. The maximum atomic E-state index is 12.7. The minimum Gasteiger partial charge on any atom is -0.337 e. The zero-order chi connectivity index (χ0) is 17.8. The van der Waals surface area contributed by atoms with Crippen molar-refractivity contribution in [1.29, 1.82) is 0 Å². The minimum absolute atomic E-state index is 0.120. The van der Waals surface area contributed by atoms with Gasteiger partial charge in [-0.15, -0.1) is 0 Å². The number of hydrogen-bond acceptors (Lipinski definition) is 4. The van der Waals surface area contributed by atoms with Crippen LogP contribution in [0.4, 0.5) is 0 Å². The van der Waals surface area contributed by atoms with Gasteiger partial charge in [-0.3, -0.25) is 9.59 Å². The zero-order valence-corrected chi connectivity index (χ0v) is 14.5. The molecule has 0 saturated carbocycles. The number of nitrogens with zero attached hydrogens (tertiary/aromatic N) is 3. The number of carbonyl (C=O) groups is 1. The van der Waals surface area contributed by atoms with E-state index in [4.69, 9.17) is 5.73 Å². The second-order valence-electron chi connectivity index (χ2n) is 6.69. The van der Waals surface area contributed by atoms with Gasteiger partial charge in [0.2, 0.25) is 0 Å². The van der Waals surface area contributed by atoms with Crippen molar-refractivity contribution in [2.24, 2.45) is 11.7 Å². The van der Waals surface area contributed by atoms with Crippen LogP contribution >= 0.6 is 0 Å². The molecule has 25 heavy (non-hydrogen) atoms. The predicted molar refractivity (Wildman–Crippen MR) is 96.3 cm³/mol. The van der Waals surface area contributed by atoms with Gasteiger partial charge in [-0.05, 0) is 37.3 Å². The van der Waals surface area contributed by atoms with Crippen molar-refractivity contribution in [3.05, 3.63) is 64.1 Å². The van der Waals surface area contributed by atoms with Gasteiger partial charge in [-0.2, -0.15) is 5.10 Å². The quantitative estimate of drug-likeness (QED) is 0.914. The molecule has 1 amide bonds. The summed E-state index contributed by atoms with van der Waals surface area (Å²) in [5.74, 6) is 0.342. The number of benzene rings is 1. The summed E-state index contributed by atoms with van der Waals surface area (Å²) in [6.45, 7) is 3.74. The fourth-order valence-corrected chi connectivity index (χ4v) is 3.22. The Morgan fingerprint density at radius 3 is 2.52 bits per heavy atom. The van der Waals surface area contributed by atoms with Gasteiger partial charge in [0.15, 0.2) is 0 Å². The Kier molecular flexibility index (Phi) is 5.28. The third-order valence-corrected chi connectivity index (χ3v) is 4.83. The van der Waals surface area contributed by atoms with E-state index in [-0.39, 0.29) is 17.5 Å². The first-order valence-corrected chi connectivity index (χ1v) is 8.71. The van der Waals surface area contributed by atoms with E-state index >= 15 is 0 Å². The van der Waals surface area contributed by atoms with Crippen molar-refractivity contribution in [3.63, 3.8) is 0 Å². The van der Waals surface area contributed by atoms with Crippen LogP contribution in [0.25, 0.3) is 0 Å². The van der Waals surface area contributed by atoms with Crippen molar-refractivity contribution >= 4 is 5.91 Å². The molecule has 0 spiro atoms. The number of carbonyl (C=O) groups excluding carboxylic acids is 1. The molecule has 2 heterocycles. The second-order valence-corrected chi connectivity index (χ2v) is 6.69. The summed E-state index contributed by atoms with van der Waals surface area (Å²) in [5, 5.41) is 4.29. The number of rotatable bonds is 4. The molecule has 0 radical (unpaired) electrons. The number of hydrogen-bond donors (Lipinski definition) is 1. The topological polar surface area (TPSA) is 81.2 Å². The van der Waals surface area contributed by atoms with Crippen LogP contribution in [0.2, 0.25) is 0 Å². The summed E-state index contributed by atoms with van der Waals surface area (Å²) in [7, 11) is 0. The molecule has 1 aromatic carbocycles. The Balaban J connectivity index is 1.73. The molecule has 1 aliphatic heterocycles. The van der Waals surface area contributed by atoms with Crippen LogP contribution in [0.3, 0.4) is 0 Å². The van der Waals surface area contributed by atoms with E-state index in [1.54, 1.807) is 4.90 Å². The molecular weight excluding hydrogens is 316 g/mol. The van der Waals surface area contributed by atoms with E-state index in [2.05, 4.69) is 5.10 Å². The van der Waals surface area contributed by atoms with Gasteiger partial charge in [0, 0.05) is 25.2 Å². The molecule has 2 aromatic rings. The molecule has 6 heteroatoms. The fraction of sp³-hybridized carbons (Fsp3) is 0.421. The van der Waals surface area contributed by atoms with Gasteiger partial charge < -0.3 is 10.6 Å². The highest BCUT2D eigenvalue weighted by Gasteiger charge is 2.26. The lowest BCUT2D eigenvalue weighted by Gasteiger charge is -2.33. The molecule has 0 aliphatic carbocycles. The molecule has 1 aliphatic rings. The van der Waals surface area contributed by atoms with Crippen molar-refractivity contribution in [3.8, 4) is 0 Å². The highest BCUT2D eigenvalue weighted by molar-refractivity contribution is 5.92. The Bertz CT molecular complexity index is 778. The molecule has 1 atom stereocenters. The third-order valence-electron chi connectivity index (χ3n) is 4.83. The number of likely N-dealkylation sites (tertiary alicyclic amines) is 1. The summed E-state index contributed by atoms with van der Waals surface area (Å²) in [5.41, 5.74) is 7.03. The summed E-state index contributed by atoms with van der Waals surface area (Å²) in [6, 6.07) is 12.7. The van der Waals surface area contributed by atoms with Gasteiger partial charge in [-0.25, -0.2) is 4.68 Å². The first kappa shape index (κ1) is 17.4. The van der Waals surface area contributed by atoms with E-state index in [0.717, 1.165) is 18.4 Å². The SMILES string of the molecule is CC(N)C1CCN(C(=O)c2ccc(=O)n(Cc3ccccc3)n2)CC1. The molecular formula is C19H24N4O2. The lowest BCUT2D eigenvalue weighted by Crippen LogP contribution is -2.43. The van der Waals surface area contributed by atoms with Gasteiger partial charge in [0.25, 0.3) is 11.5 Å². The average Bonchev–Trinajstić information content (AvgIpc) is 2.64. The van der Waals surface area contributed by atoms with Gasteiger partial charge in [-0.1, -0.05) is 30.3 Å². The lowest BCUT2D eigenvalue weighted by atomic mass is 9.91. The first-order chi connectivity index (χ1) is 12.0. The molecule has 6 nitrogen and oxygen atoms in total. The van der Waals surface area contributed by atoms with Crippen molar-refractivity contribution in [2.45, 2.75) is 32.4 Å². The van der Waals surface area contributed by atoms with Crippen LogP contribution in [0.15, 0.2) is 47.3 Å². The average molecular weight is 340 g/mol. The molecule has 132 valence electrons. The molecule has 3 rings (SSSR count). The number of amides is 1. The van der Waals surface area contributed by atoms with Gasteiger partial charge >= 0.3 is 0 Å². The molecule has 2 N–H and O–H groups in total. The molecule has 1 aromatic heterocycles. The minimum atomic E-state index is -0.212. The van der Waals surface area contributed by atoms with Crippen LogP contribution in [0, 0.1) is 5.92 Å². The maximum Gasteiger partial charge on any atom is 0.274 e. The Hall–Kier alpha value is -2.47. The van der Waals surface area contributed by atoms with E-state index in [1.807, 2.05) is 37.3 Å². The van der Waals surface area contributed by atoms with Crippen LogP contribution in [0.5, 0.6) is 0 Å². The standard InChI is InChI=1S/C19H24N4O2/c1-14(20)16-9-11-22(12-10-16)19(25)17-7-8-18(24)23(21-17)13-15-5-3-2-4-6-15/h2-8,14,16H,9-13,20H2,1H3. The molecule has 1 unspecified atom stereocenters. The zero-order valence-electron chi connectivity index (χ0n) is 14.5. The van der Waals surface area contributed by atoms with E-state index < -0.39 is 0 Å². The van der Waals surface area contributed by atoms with E-state index in [9.17, 15) is 9.59 Å². The van der Waals surface area contributed by atoms with Gasteiger partial charge in [0.05, 0.1) is 6.54 Å². The number of aromatic nitrogens is 2. The third kappa shape index (κ3) is 4.14. The summed E-state index contributed by atoms with van der Waals surface area (Å²) in [4.78, 5) is 26.6. The monoisotopic (exact) mass is 340 g/mol. The Morgan fingerprint density at radius 1 is 1.20 bits per heavy atom. The molecule has 1 fully saturated rings. The number of nitrogens with two attached hydrogens (primary N) is 1. The van der Waals surface area contributed by atoms with Crippen LogP contribution in [-0.2, 0) is 6.54 Å². The Morgan fingerprint density at radius 2 is 1.88 bits per heavy atom. The fourth-order valence-electron chi connectivity index (χ4n) is 3.22. The summed E-state index contributed by atoms with van der Waals surface area (Å²) in [6.07, 6.45) is 1.82. The molecule has 0 bridgehead atoms. The van der Waals surface area contributed by atoms with Gasteiger partial charge in [0.1, 0.15) is 5.69 Å². The van der Waals surface area contributed by atoms with Crippen molar-refractivity contribution in [2.75, 3.05) is 13.1 Å². The highest BCUT2D eigenvalue weighted by atomic mass is 16.2. The summed E-state index contributed by atoms with van der Waals surface area (Å²) >= 11 is 0. The van der Waals surface area contributed by atoms with Crippen LogP contribution < -0.4 is 11.3 Å². The van der Waals surface area contributed by atoms with Crippen LogP contribution in [-0.4, -0.2) is 39.7 Å². The summed E-state index contributed by atoms with van der Waals surface area (Å²) < 4.78 is 1.34. The number of piperidine rings is 1. The second kappa shape index (κ2) is 7.61. The maximum absolute atomic E-state index is 12.7. The van der Waals surface area contributed by atoms with Crippen LogP contribution in [0.1, 0.15) is 35.8 Å². The molecule has 1 saturated heterocycles. The Labute approximate surface area is 147 Å². The van der Waals surface area contributed by atoms with Crippen molar-refractivity contribution in [1.82, 2.24) is 14.7 Å². The van der Waals surface area contributed by atoms with Crippen molar-refractivity contribution < 1.29 is 4.79 Å². The largest absolute Gasteiger partial charge is 0.337 e. The van der Waals surface area contributed by atoms with E-state index in [1.165, 1.54) is 16.8 Å². The van der Waals surface area contributed by atoms with E-state index in [0.29, 0.717) is 31.2 Å².